The number of anilines is 1. The van der Waals surface area contributed by atoms with Gasteiger partial charge in [0.2, 0.25) is 0 Å². The van der Waals surface area contributed by atoms with Gasteiger partial charge < -0.3 is 20.1 Å². The molecule has 0 unspecified atom stereocenters. The molecule has 0 spiro atoms. The second kappa shape index (κ2) is 11.5. The number of hydrogen-bond acceptors (Lipinski definition) is 11. The molecule has 1 aromatic carbocycles. The van der Waals surface area contributed by atoms with Gasteiger partial charge in [-0.1, -0.05) is 6.92 Å². The topological polar surface area (TPSA) is 192 Å². The van der Waals surface area contributed by atoms with Gasteiger partial charge in [0, 0.05) is 12.6 Å². The maximum Gasteiger partial charge on any atom is 0.359 e. The highest BCUT2D eigenvalue weighted by molar-refractivity contribution is 6.10. The summed E-state index contributed by atoms with van der Waals surface area (Å²) in [6, 6.07) is 1.42. The lowest BCUT2D eigenvalue weighted by Crippen LogP contribution is -2.65. The Balaban J connectivity index is 3.91. The lowest BCUT2D eigenvalue weighted by Gasteiger charge is -2.31. The Morgan fingerprint density at radius 2 is 1.50 bits per heavy atom. The number of nitro benzene ring substituents is 2. The maximum absolute atomic E-state index is 12.8. The van der Waals surface area contributed by atoms with E-state index < -0.39 is 56.0 Å². The smallest absolute Gasteiger partial charge is 0.359 e. The van der Waals surface area contributed by atoms with E-state index in [1.54, 1.807) is 13.8 Å². The molecule has 176 valence electrons. The van der Waals surface area contributed by atoms with E-state index in [0.717, 1.165) is 6.07 Å². The van der Waals surface area contributed by atoms with Crippen LogP contribution in [-0.4, -0.2) is 59.7 Å². The summed E-state index contributed by atoms with van der Waals surface area (Å²) in [4.78, 5) is 59.3. The lowest BCUT2D eigenvalue weighted by atomic mass is 10.0. The van der Waals surface area contributed by atoms with Gasteiger partial charge in [0.1, 0.15) is 5.56 Å². The van der Waals surface area contributed by atoms with Crippen molar-refractivity contribution in [1.29, 1.82) is 0 Å². The molecule has 0 aliphatic heterocycles. The predicted molar refractivity (Wildman–Crippen MR) is 111 cm³/mol. The third kappa shape index (κ3) is 5.66. The second-order valence-corrected chi connectivity index (χ2v) is 6.11. The Morgan fingerprint density at radius 1 is 0.938 bits per heavy atom. The Hall–Kier alpha value is -3.81. The molecule has 0 aromatic heterocycles. The van der Waals surface area contributed by atoms with Gasteiger partial charge in [-0.25, -0.2) is 9.59 Å². The third-order valence-electron chi connectivity index (χ3n) is 4.00. The van der Waals surface area contributed by atoms with Crippen molar-refractivity contribution in [3.05, 3.63) is 37.9 Å². The van der Waals surface area contributed by atoms with Crippen molar-refractivity contribution in [2.24, 2.45) is 0 Å². The summed E-state index contributed by atoms with van der Waals surface area (Å²) in [6.45, 7) is 5.91. The van der Waals surface area contributed by atoms with Crippen LogP contribution in [-0.2, 0) is 19.1 Å². The molecule has 0 fully saturated rings. The van der Waals surface area contributed by atoms with Crippen molar-refractivity contribution in [3.8, 4) is 0 Å². The van der Waals surface area contributed by atoms with Gasteiger partial charge >= 0.3 is 11.9 Å². The Morgan fingerprint density at radius 3 is 1.91 bits per heavy atom. The van der Waals surface area contributed by atoms with Crippen molar-refractivity contribution in [1.82, 2.24) is 10.6 Å². The van der Waals surface area contributed by atoms with Gasteiger partial charge in [-0.15, -0.1) is 0 Å². The van der Waals surface area contributed by atoms with Crippen LogP contribution in [0.15, 0.2) is 12.1 Å². The minimum atomic E-state index is -2.44. The zero-order chi connectivity index (χ0) is 24.5. The number of ether oxygens (including phenoxy) is 2. The van der Waals surface area contributed by atoms with Gasteiger partial charge in [-0.2, -0.15) is 0 Å². The number of nitro groups is 2. The van der Waals surface area contributed by atoms with Crippen LogP contribution >= 0.6 is 0 Å². The van der Waals surface area contributed by atoms with Gasteiger partial charge in [0.05, 0.1) is 34.8 Å². The molecule has 32 heavy (non-hydrogen) atoms. The van der Waals surface area contributed by atoms with E-state index in [9.17, 15) is 34.6 Å². The Kier molecular flexibility index (Phi) is 9.46. The van der Waals surface area contributed by atoms with E-state index in [4.69, 9.17) is 9.47 Å². The van der Waals surface area contributed by atoms with E-state index >= 15 is 0 Å². The molecule has 14 heteroatoms. The van der Waals surface area contributed by atoms with Gasteiger partial charge in [0.15, 0.2) is 0 Å². The fraction of sp³-hybridized carbons (Fsp3) is 0.500. The van der Waals surface area contributed by atoms with Crippen molar-refractivity contribution >= 4 is 34.9 Å². The summed E-state index contributed by atoms with van der Waals surface area (Å²) >= 11 is 0. The quantitative estimate of drug-likeness (QED) is 0.134. The number of non-ortho nitro benzene ring substituents is 1. The zero-order valence-corrected chi connectivity index (χ0v) is 18.1. The van der Waals surface area contributed by atoms with Crippen molar-refractivity contribution in [2.75, 3.05) is 31.6 Å². The van der Waals surface area contributed by atoms with Crippen LogP contribution in [0.2, 0.25) is 0 Å². The number of esters is 2. The van der Waals surface area contributed by atoms with Crippen LogP contribution < -0.4 is 16.0 Å². The number of carbonyl (C=O) groups is 3. The number of likely N-dealkylation sites (N-methyl/N-ethyl adjacent to an activating group) is 1. The van der Waals surface area contributed by atoms with E-state index in [-0.39, 0.29) is 26.3 Å². The first-order chi connectivity index (χ1) is 15.1. The molecule has 0 bridgehead atoms. The van der Waals surface area contributed by atoms with Crippen molar-refractivity contribution < 1.29 is 33.7 Å². The van der Waals surface area contributed by atoms with E-state index in [1.165, 1.54) is 13.8 Å². The summed E-state index contributed by atoms with van der Waals surface area (Å²) in [5, 5.41) is 30.3. The minimum absolute atomic E-state index is 0.0120. The van der Waals surface area contributed by atoms with E-state index in [0.29, 0.717) is 6.07 Å². The van der Waals surface area contributed by atoms with Gasteiger partial charge in [-0.3, -0.25) is 30.3 Å². The summed E-state index contributed by atoms with van der Waals surface area (Å²) in [5.41, 5.74) is -5.21. The maximum atomic E-state index is 12.8. The monoisotopic (exact) mass is 455 g/mol. The number of nitrogens with one attached hydrogen (secondary N) is 3. The van der Waals surface area contributed by atoms with E-state index in [2.05, 4.69) is 16.0 Å². The summed E-state index contributed by atoms with van der Waals surface area (Å²) in [7, 11) is 0. The highest BCUT2D eigenvalue weighted by Gasteiger charge is 2.50. The molecule has 0 heterocycles. The molecule has 1 aromatic rings. The molecule has 0 atom stereocenters. The van der Waals surface area contributed by atoms with Crippen molar-refractivity contribution in [3.63, 3.8) is 0 Å². The SMILES string of the molecule is CCNC(=O)c1c(NC(NCC)(C(=O)OCC)C(=O)OCC)cc([N+](=O)[O-])cc1[N+](=O)[O-]. The first kappa shape index (κ1) is 26.2. The molecule has 0 aliphatic carbocycles. The van der Waals surface area contributed by atoms with Crippen LogP contribution in [0.4, 0.5) is 17.1 Å². The van der Waals surface area contributed by atoms with Crippen LogP contribution in [0.25, 0.3) is 0 Å². The van der Waals surface area contributed by atoms with Crippen LogP contribution in [0.1, 0.15) is 38.1 Å². The molecular formula is C18H25N5O9. The summed E-state index contributed by atoms with van der Waals surface area (Å²) in [6.07, 6.45) is 0. The van der Waals surface area contributed by atoms with Gasteiger partial charge in [-0.05, 0) is 27.3 Å². The highest BCUT2D eigenvalue weighted by Crippen LogP contribution is 2.34. The fourth-order valence-electron chi connectivity index (χ4n) is 2.77. The first-order valence-electron chi connectivity index (χ1n) is 9.72. The molecule has 1 amide bonds. The average molecular weight is 455 g/mol. The number of hydrogen-bond donors (Lipinski definition) is 3. The standard InChI is InChI=1S/C18H25N5O9/c1-5-19-15(24)14-12(9-11(22(27)28)10-13(14)23(29)30)21-18(20-6-2,16(25)31-7-3)17(26)32-8-4/h9-10,20-21H,5-8H2,1-4H3,(H,19,24). The number of amides is 1. The highest BCUT2D eigenvalue weighted by atomic mass is 16.6. The van der Waals surface area contributed by atoms with Gasteiger partial charge in [0.25, 0.3) is 22.9 Å². The number of nitrogens with zero attached hydrogens (tertiary/aromatic N) is 2. The Bertz CT molecular complexity index is 885. The van der Waals surface area contributed by atoms with Crippen molar-refractivity contribution in [2.45, 2.75) is 33.4 Å². The number of rotatable bonds is 12. The molecule has 0 aliphatic rings. The summed E-state index contributed by atoms with van der Waals surface area (Å²) < 4.78 is 9.94. The normalized spacial score (nSPS) is 10.8. The van der Waals surface area contributed by atoms with Crippen LogP contribution in [0.5, 0.6) is 0 Å². The molecule has 14 nitrogen and oxygen atoms in total. The minimum Gasteiger partial charge on any atom is -0.463 e. The average Bonchev–Trinajstić information content (AvgIpc) is 2.72. The molecule has 3 N–H and O–H groups in total. The molecule has 0 saturated carbocycles. The number of carbonyl (C=O) groups excluding carboxylic acids is 3. The molecule has 0 saturated heterocycles. The third-order valence-corrected chi connectivity index (χ3v) is 4.00. The van der Waals surface area contributed by atoms with E-state index in [1.807, 2.05) is 0 Å². The van der Waals surface area contributed by atoms with Crippen LogP contribution in [0, 0.1) is 20.2 Å². The lowest BCUT2D eigenvalue weighted by molar-refractivity contribution is -0.394. The fourth-order valence-corrected chi connectivity index (χ4v) is 2.77. The number of benzene rings is 1. The molecule has 0 radical (unpaired) electrons. The zero-order valence-electron chi connectivity index (χ0n) is 18.1. The molecule has 1 rings (SSSR count). The second-order valence-electron chi connectivity index (χ2n) is 6.11. The summed E-state index contributed by atoms with van der Waals surface area (Å²) in [5.74, 6) is -3.26. The predicted octanol–water partition coefficient (Wildman–Crippen LogP) is 1.10. The van der Waals surface area contributed by atoms with Crippen LogP contribution in [0.3, 0.4) is 0 Å². The Labute approximate surface area is 182 Å². The largest absolute Gasteiger partial charge is 0.463 e. The molecular weight excluding hydrogens is 430 g/mol. The first-order valence-corrected chi connectivity index (χ1v) is 9.72.